The zero-order valence-electron chi connectivity index (χ0n) is 11.1. The zero-order chi connectivity index (χ0) is 14.7. The lowest BCUT2D eigenvalue weighted by molar-refractivity contribution is 0.0696. The Morgan fingerprint density at radius 2 is 2.25 bits per heavy atom. The number of rotatable bonds is 5. The first-order valence-electron chi connectivity index (χ1n) is 6.07. The predicted octanol–water partition coefficient (Wildman–Crippen LogP) is 4.15. The summed E-state index contributed by atoms with van der Waals surface area (Å²) in [6.07, 6.45) is 0. The second kappa shape index (κ2) is 6.53. The van der Waals surface area contributed by atoms with Crippen molar-refractivity contribution in [3.05, 3.63) is 43.4 Å². The molecule has 0 radical (unpaired) electrons. The molecule has 0 fully saturated rings. The molecule has 0 amide bonds. The van der Waals surface area contributed by atoms with Gasteiger partial charge in [-0.05, 0) is 40.8 Å². The maximum absolute atomic E-state index is 10.9. The third-order valence-electron chi connectivity index (χ3n) is 2.62. The Bertz CT molecular complexity index is 625. The van der Waals surface area contributed by atoms with Gasteiger partial charge in [-0.1, -0.05) is 13.8 Å². The summed E-state index contributed by atoms with van der Waals surface area (Å²) in [5.41, 5.74) is 1.09. The van der Waals surface area contributed by atoms with Crippen LogP contribution in [-0.4, -0.2) is 16.1 Å². The van der Waals surface area contributed by atoms with Crippen LogP contribution in [0.1, 0.15) is 40.8 Å². The van der Waals surface area contributed by atoms with Gasteiger partial charge in [0.25, 0.3) is 0 Å². The van der Waals surface area contributed by atoms with Gasteiger partial charge < -0.3 is 9.84 Å². The van der Waals surface area contributed by atoms with E-state index in [4.69, 9.17) is 9.84 Å². The molecule has 2 aromatic rings. The van der Waals surface area contributed by atoms with Crippen molar-refractivity contribution in [2.75, 3.05) is 0 Å². The number of carboxylic acid groups (broad SMARTS) is 1. The van der Waals surface area contributed by atoms with Gasteiger partial charge in [0.1, 0.15) is 12.4 Å². The first-order chi connectivity index (χ1) is 9.47. The highest BCUT2D eigenvalue weighted by atomic mass is 127. The van der Waals surface area contributed by atoms with E-state index in [9.17, 15) is 4.79 Å². The number of ether oxygens (including phenoxy) is 1. The van der Waals surface area contributed by atoms with E-state index >= 15 is 0 Å². The van der Waals surface area contributed by atoms with E-state index < -0.39 is 5.97 Å². The maximum Gasteiger partial charge on any atom is 0.335 e. The topological polar surface area (TPSA) is 59.4 Å². The fraction of sp³-hybridized carbons (Fsp3) is 0.286. The Hall–Kier alpha value is -1.15. The molecular weight excluding hydrogens is 389 g/mol. The summed E-state index contributed by atoms with van der Waals surface area (Å²) in [6, 6.07) is 4.84. The van der Waals surface area contributed by atoms with Crippen molar-refractivity contribution < 1.29 is 14.6 Å². The number of halogens is 1. The second-order valence-electron chi connectivity index (χ2n) is 4.57. The van der Waals surface area contributed by atoms with E-state index in [0.29, 0.717) is 18.3 Å². The van der Waals surface area contributed by atoms with E-state index in [1.807, 2.05) is 5.38 Å². The Balaban J connectivity index is 2.09. The minimum absolute atomic E-state index is 0.224. The van der Waals surface area contributed by atoms with E-state index in [0.717, 1.165) is 14.3 Å². The van der Waals surface area contributed by atoms with Crippen LogP contribution in [0.3, 0.4) is 0 Å². The molecule has 0 aliphatic rings. The number of hydrogen-bond acceptors (Lipinski definition) is 4. The van der Waals surface area contributed by atoms with E-state index in [-0.39, 0.29) is 5.56 Å². The summed E-state index contributed by atoms with van der Waals surface area (Å²) in [7, 11) is 0. The van der Waals surface area contributed by atoms with Gasteiger partial charge in [-0.3, -0.25) is 0 Å². The first-order valence-corrected chi connectivity index (χ1v) is 8.03. The second-order valence-corrected chi connectivity index (χ2v) is 6.62. The van der Waals surface area contributed by atoms with Gasteiger partial charge in [0.15, 0.2) is 0 Å². The maximum atomic E-state index is 10.9. The zero-order valence-corrected chi connectivity index (χ0v) is 14.1. The standard InChI is InChI=1S/C14H14INO3S/c1-8(2)13-16-10(7-20-13)6-19-12-5-9(14(17)18)3-4-11(12)15/h3-5,7-8H,6H2,1-2H3,(H,17,18). The smallest absolute Gasteiger partial charge is 0.335 e. The van der Waals surface area contributed by atoms with Gasteiger partial charge >= 0.3 is 5.97 Å². The highest BCUT2D eigenvalue weighted by Gasteiger charge is 2.10. The average Bonchev–Trinajstić information content (AvgIpc) is 2.86. The molecule has 0 atom stereocenters. The molecule has 0 saturated carbocycles. The normalized spacial score (nSPS) is 10.8. The fourth-order valence-corrected chi connectivity index (χ4v) is 2.86. The number of aromatic carboxylic acids is 1. The van der Waals surface area contributed by atoms with Crippen LogP contribution in [0.15, 0.2) is 23.6 Å². The van der Waals surface area contributed by atoms with E-state index in [2.05, 4.69) is 41.4 Å². The Morgan fingerprint density at radius 1 is 1.50 bits per heavy atom. The summed E-state index contributed by atoms with van der Waals surface area (Å²) >= 11 is 3.74. The highest BCUT2D eigenvalue weighted by Crippen LogP contribution is 2.24. The van der Waals surface area contributed by atoms with E-state index in [1.54, 1.807) is 29.5 Å². The summed E-state index contributed by atoms with van der Waals surface area (Å²) in [4.78, 5) is 15.4. The van der Waals surface area contributed by atoms with Crippen LogP contribution in [0, 0.1) is 3.57 Å². The molecule has 1 heterocycles. The lowest BCUT2D eigenvalue weighted by atomic mass is 10.2. The number of carboxylic acids is 1. The van der Waals surface area contributed by atoms with Crippen LogP contribution in [0.2, 0.25) is 0 Å². The highest BCUT2D eigenvalue weighted by molar-refractivity contribution is 14.1. The van der Waals surface area contributed by atoms with Gasteiger partial charge in [0.05, 0.1) is 19.8 Å². The van der Waals surface area contributed by atoms with Gasteiger partial charge in [0.2, 0.25) is 0 Å². The van der Waals surface area contributed by atoms with Crippen LogP contribution in [-0.2, 0) is 6.61 Å². The summed E-state index contributed by atoms with van der Waals surface area (Å²) in [5.74, 6) is 0.0239. The third kappa shape index (κ3) is 3.69. The van der Waals surface area contributed by atoms with Crippen LogP contribution in [0.4, 0.5) is 0 Å². The van der Waals surface area contributed by atoms with Crippen LogP contribution in [0.5, 0.6) is 5.75 Å². The minimum atomic E-state index is -0.956. The van der Waals surface area contributed by atoms with Crippen molar-refractivity contribution in [1.29, 1.82) is 0 Å². The van der Waals surface area contributed by atoms with Gasteiger partial charge in [-0.15, -0.1) is 11.3 Å². The first kappa shape index (κ1) is 15.2. The molecule has 1 aromatic carbocycles. The quantitative estimate of drug-likeness (QED) is 0.763. The molecule has 0 bridgehead atoms. The van der Waals surface area contributed by atoms with Crippen LogP contribution < -0.4 is 4.74 Å². The van der Waals surface area contributed by atoms with E-state index in [1.165, 1.54) is 0 Å². The number of hydrogen-bond donors (Lipinski definition) is 1. The molecule has 2 rings (SSSR count). The van der Waals surface area contributed by atoms with Crippen molar-refractivity contribution in [1.82, 2.24) is 4.98 Å². The monoisotopic (exact) mass is 403 g/mol. The summed E-state index contributed by atoms with van der Waals surface area (Å²) in [6.45, 7) is 4.55. The molecule has 0 unspecified atom stereocenters. The lowest BCUT2D eigenvalue weighted by Gasteiger charge is -2.07. The third-order valence-corrected chi connectivity index (χ3v) is 4.70. The molecule has 1 aromatic heterocycles. The largest absolute Gasteiger partial charge is 0.486 e. The Labute approximate surface area is 135 Å². The number of benzene rings is 1. The number of carbonyl (C=O) groups is 1. The molecule has 0 aliphatic heterocycles. The van der Waals surface area contributed by atoms with Crippen molar-refractivity contribution >= 4 is 39.9 Å². The Kier molecular flexibility index (Phi) is 4.98. The molecule has 0 saturated heterocycles. The van der Waals surface area contributed by atoms with Gasteiger partial charge in [0, 0.05) is 11.3 Å². The number of thiazole rings is 1. The van der Waals surface area contributed by atoms with Crippen molar-refractivity contribution in [3.8, 4) is 5.75 Å². The molecule has 1 N–H and O–H groups in total. The summed E-state index contributed by atoms with van der Waals surface area (Å²) < 4.78 is 6.56. The SMILES string of the molecule is CC(C)c1nc(COc2cc(C(=O)O)ccc2I)cs1. The number of nitrogens with zero attached hydrogens (tertiary/aromatic N) is 1. The molecule has 4 nitrogen and oxygen atoms in total. The average molecular weight is 403 g/mol. The lowest BCUT2D eigenvalue weighted by Crippen LogP contribution is -2.01. The molecule has 0 spiro atoms. The molecule has 6 heteroatoms. The van der Waals surface area contributed by atoms with Crippen LogP contribution >= 0.6 is 33.9 Å². The van der Waals surface area contributed by atoms with Gasteiger partial charge in [-0.25, -0.2) is 9.78 Å². The summed E-state index contributed by atoms with van der Waals surface area (Å²) in [5, 5.41) is 12.0. The minimum Gasteiger partial charge on any atom is -0.486 e. The van der Waals surface area contributed by atoms with Crippen molar-refractivity contribution in [2.24, 2.45) is 0 Å². The molecule has 0 aliphatic carbocycles. The van der Waals surface area contributed by atoms with Gasteiger partial charge in [-0.2, -0.15) is 0 Å². The van der Waals surface area contributed by atoms with Crippen molar-refractivity contribution in [3.63, 3.8) is 0 Å². The Morgan fingerprint density at radius 3 is 2.85 bits per heavy atom. The van der Waals surface area contributed by atoms with Crippen LogP contribution in [0.25, 0.3) is 0 Å². The molecule has 20 heavy (non-hydrogen) atoms. The molecular formula is C14H14INO3S. The van der Waals surface area contributed by atoms with Crippen molar-refractivity contribution in [2.45, 2.75) is 26.4 Å². The molecule has 106 valence electrons. The number of aromatic nitrogens is 1. The fourth-order valence-electron chi connectivity index (χ4n) is 1.55. The predicted molar refractivity (Wildman–Crippen MR) is 86.7 cm³/mol.